The molecule has 1 saturated heterocycles. The number of carbonyl (C=O) groups excluding carboxylic acids is 1. The van der Waals surface area contributed by atoms with E-state index in [9.17, 15) is 4.79 Å². The second-order valence-corrected chi connectivity index (χ2v) is 4.49. The van der Waals surface area contributed by atoms with Gasteiger partial charge < -0.3 is 19.9 Å². The highest BCUT2D eigenvalue weighted by molar-refractivity contribution is 6.02. The lowest BCUT2D eigenvalue weighted by Crippen LogP contribution is -2.25. The van der Waals surface area contributed by atoms with Gasteiger partial charge in [0.05, 0.1) is 25.9 Å². The third kappa shape index (κ3) is 2.88. The summed E-state index contributed by atoms with van der Waals surface area (Å²) in [6.07, 6.45) is 1.09. The van der Waals surface area contributed by atoms with Crippen LogP contribution >= 0.6 is 0 Å². The van der Waals surface area contributed by atoms with Crippen molar-refractivity contribution in [2.45, 2.75) is 25.0 Å². The Labute approximate surface area is 112 Å². The summed E-state index contributed by atoms with van der Waals surface area (Å²) in [6, 6.07) is 5.15. The fraction of sp³-hybridized carbons (Fsp3) is 0.500. The molecule has 2 rings (SSSR count). The Morgan fingerprint density at radius 2 is 2.16 bits per heavy atom. The zero-order valence-corrected chi connectivity index (χ0v) is 11.2. The van der Waals surface area contributed by atoms with Crippen LogP contribution in [0.25, 0.3) is 0 Å². The molecule has 1 aromatic carbocycles. The zero-order valence-electron chi connectivity index (χ0n) is 11.2. The summed E-state index contributed by atoms with van der Waals surface area (Å²) in [4.78, 5) is 12.4. The van der Waals surface area contributed by atoms with Crippen LogP contribution in [0.1, 0.15) is 23.2 Å². The molecule has 2 atom stereocenters. The maximum Gasteiger partial charge on any atom is 0.195 e. The van der Waals surface area contributed by atoms with Crippen molar-refractivity contribution in [1.82, 2.24) is 0 Å². The van der Waals surface area contributed by atoms with E-state index in [1.54, 1.807) is 25.3 Å². The second kappa shape index (κ2) is 6.04. The van der Waals surface area contributed by atoms with E-state index in [0.717, 1.165) is 6.42 Å². The predicted molar refractivity (Wildman–Crippen MR) is 70.8 cm³/mol. The number of ether oxygens (including phenoxy) is 3. The molecule has 0 amide bonds. The molecular weight excluding hydrogens is 246 g/mol. The van der Waals surface area contributed by atoms with Crippen LogP contribution in [0.15, 0.2) is 18.2 Å². The number of benzene rings is 1. The van der Waals surface area contributed by atoms with Gasteiger partial charge in [0.1, 0.15) is 17.6 Å². The molecule has 1 fully saturated rings. The molecule has 0 aromatic heterocycles. The van der Waals surface area contributed by atoms with E-state index < -0.39 is 6.10 Å². The van der Waals surface area contributed by atoms with Crippen molar-refractivity contribution < 1.29 is 19.0 Å². The second-order valence-electron chi connectivity index (χ2n) is 4.49. The van der Waals surface area contributed by atoms with Gasteiger partial charge in [0.15, 0.2) is 5.78 Å². The van der Waals surface area contributed by atoms with Gasteiger partial charge in [-0.3, -0.25) is 4.79 Å². The molecule has 19 heavy (non-hydrogen) atoms. The van der Waals surface area contributed by atoms with Gasteiger partial charge >= 0.3 is 0 Å². The van der Waals surface area contributed by atoms with Crippen LogP contribution in [0.3, 0.4) is 0 Å². The van der Waals surface area contributed by atoms with Crippen molar-refractivity contribution in [1.29, 1.82) is 0 Å². The first-order chi connectivity index (χ1) is 9.19. The van der Waals surface area contributed by atoms with Crippen LogP contribution in [0.5, 0.6) is 11.5 Å². The molecule has 0 radical (unpaired) electrons. The summed E-state index contributed by atoms with van der Waals surface area (Å²) < 4.78 is 16.0. The van der Waals surface area contributed by atoms with E-state index >= 15 is 0 Å². The molecule has 1 aliphatic heterocycles. The van der Waals surface area contributed by atoms with Crippen LogP contribution < -0.4 is 15.2 Å². The fourth-order valence-electron chi connectivity index (χ4n) is 2.25. The molecule has 1 aliphatic rings. The number of ketones is 1. The van der Waals surface area contributed by atoms with E-state index in [2.05, 4.69) is 0 Å². The number of methoxy groups -OCH3 is 2. The number of hydrogen-bond donors (Lipinski definition) is 1. The van der Waals surface area contributed by atoms with Gasteiger partial charge in [-0.05, 0) is 25.0 Å². The van der Waals surface area contributed by atoms with E-state index in [0.29, 0.717) is 30.0 Å². The fourth-order valence-corrected chi connectivity index (χ4v) is 2.25. The van der Waals surface area contributed by atoms with Crippen molar-refractivity contribution in [2.24, 2.45) is 5.73 Å². The van der Waals surface area contributed by atoms with Crippen molar-refractivity contribution >= 4 is 5.78 Å². The predicted octanol–water partition coefficient (Wildman–Crippen LogP) is 1.39. The molecule has 0 spiro atoms. The third-order valence-corrected chi connectivity index (χ3v) is 3.34. The minimum absolute atomic E-state index is 0.0156. The molecular formula is C14H19NO4. The van der Waals surface area contributed by atoms with Crippen LogP contribution in [-0.2, 0) is 4.74 Å². The highest BCUT2D eigenvalue weighted by Gasteiger charge is 2.31. The van der Waals surface area contributed by atoms with Gasteiger partial charge in [-0.2, -0.15) is 0 Å². The Morgan fingerprint density at radius 3 is 2.74 bits per heavy atom. The summed E-state index contributed by atoms with van der Waals surface area (Å²) in [5.41, 5.74) is 6.07. The Kier molecular flexibility index (Phi) is 4.39. The maximum absolute atomic E-state index is 12.4. The number of rotatable bonds is 5. The highest BCUT2D eigenvalue weighted by Crippen LogP contribution is 2.29. The number of nitrogens with two attached hydrogens (primary N) is 1. The monoisotopic (exact) mass is 265 g/mol. The van der Waals surface area contributed by atoms with E-state index in [4.69, 9.17) is 19.9 Å². The lowest BCUT2D eigenvalue weighted by Gasteiger charge is -2.14. The number of Topliss-reactive ketones (excluding diaryl/α,β-unsaturated/α-hetero) is 1. The Morgan fingerprint density at radius 1 is 1.37 bits per heavy atom. The van der Waals surface area contributed by atoms with Gasteiger partial charge in [-0.1, -0.05) is 0 Å². The smallest absolute Gasteiger partial charge is 0.195 e. The topological polar surface area (TPSA) is 70.8 Å². The van der Waals surface area contributed by atoms with E-state index in [-0.39, 0.29) is 11.9 Å². The Bertz CT molecular complexity index is 461. The zero-order chi connectivity index (χ0) is 13.8. The van der Waals surface area contributed by atoms with Gasteiger partial charge in [0.2, 0.25) is 0 Å². The first-order valence-electron chi connectivity index (χ1n) is 6.31. The first kappa shape index (κ1) is 13.8. The van der Waals surface area contributed by atoms with Crippen molar-refractivity contribution in [3.63, 3.8) is 0 Å². The third-order valence-electron chi connectivity index (χ3n) is 3.34. The van der Waals surface area contributed by atoms with E-state index in [1.165, 1.54) is 7.11 Å². The Balaban J connectivity index is 2.19. The Hall–Kier alpha value is -1.59. The van der Waals surface area contributed by atoms with Gasteiger partial charge in [0, 0.05) is 12.6 Å². The summed E-state index contributed by atoms with van der Waals surface area (Å²) >= 11 is 0. The maximum atomic E-state index is 12.4. The van der Waals surface area contributed by atoms with Gasteiger partial charge in [0.25, 0.3) is 0 Å². The number of hydrogen-bond acceptors (Lipinski definition) is 5. The first-order valence-corrected chi connectivity index (χ1v) is 6.31. The standard InChI is InChI=1S/C14H19NO4/c1-17-9-3-5-11(13(7-9)18-2)14(16)12-6-4-10(8-15)19-12/h3,5,7,10,12H,4,6,8,15H2,1-2H3. The van der Waals surface area contributed by atoms with Crippen LogP contribution in [-0.4, -0.2) is 38.8 Å². The number of carbonyl (C=O) groups is 1. The minimum Gasteiger partial charge on any atom is -0.497 e. The SMILES string of the molecule is COc1ccc(C(=O)C2CCC(CN)O2)c(OC)c1. The molecule has 5 nitrogen and oxygen atoms in total. The molecule has 104 valence electrons. The molecule has 0 aliphatic carbocycles. The molecule has 0 saturated carbocycles. The highest BCUT2D eigenvalue weighted by atomic mass is 16.5. The van der Waals surface area contributed by atoms with Crippen LogP contribution in [0.2, 0.25) is 0 Å². The van der Waals surface area contributed by atoms with Crippen molar-refractivity contribution in [3.8, 4) is 11.5 Å². The quantitative estimate of drug-likeness (QED) is 0.815. The minimum atomic E-state index is -0.421. The average molecular weight is 265 g/mol. The average Bonchev–Trinajstić information content (AvgIpc) is 2.94. The molecule has 1 heterocycles. The summed E-state index contributed by atoms with van der Waals surface area (Å²) in [6.45, 7) is 0.448. The van der Waals surface area contributed by atoms with Crippen LogP contribution in [0.4, 0.5) is 0 Å². The molecule has 2 unspecified atom stereocenters. The molecule has 5 heteroatoms. The summed E-state index contributed by atoms with van der Waals surface area (Å²) in [5, 5.41) is 0. The van der Waals surface area contributed by atoms with Crippen molar-refractivity contribution in [3.05, 3.63) is 23.8 Å². The largest absolute Gasteiger partial charge is 0.497 e. The lowest BCUT2D eigenvalue weighted by molar-refractivity contribution is 0.0402. The van der Waals surface area contributed by atoms with Gasteiger partial charge in [-0.25, -0.2) is 0 Å². The van der Waals surface area contributed by atoms with Crippen LogP contribution in [0, 0.1) is 0 Å². The van der Waals surface area contributed by atoms with E-state index in [1.807, 2.05) is 0 Å². The summed E-state index contributed by atoms with van der Waals surface area (Å²) in [5.74, 6) is 1.10. The van der Waals surface area contributed by atoms with Crippen molar-refractivity contribution in [2.75, 3.05) is 20.8 Å². The normalized spacial score (nSPS) is 22.3. The molecule has 0 bridgehead atoms. The van der Waals surface area contributed by atoms with Gasteiger partial charge in [-0.15, -0.1) is 0 Å². The molecule has 2 N–H and O–H groups in total. The summed E-state index contributed by atoms with van der Waals surface area (Å²) in [7, 11) is 3.10. The molecule has 1 aromatic rings. The lowest BCUT2D eigenvalue weighted by atomic mass is 10.0.